The maximum Gasteiger partial charge on any atom is 0.232 e. The largest absolute Gasteiger partial charge is 0.331 e. The highest BCUT2D eigenvalue weighted by Gasteiger charge is 2.51. The molecule has 4 aliphatic carbocycles. The first-order valence-electron chi connectivity index (χ1n) is 8.91. The number of amides is 1. The van der Waals surface area contributed by atoms with Gasteiger partial charge in [-0.25, -0.2) is 0 Å². The number of anilines is 1. The van der Waals surface area contributed by atoms with Crippen molar-refractivity contribution in [1.29, 1.82) is 0 Å². The lowest BCUT2D eigenvalue weighted by atomic mass is 9.61. The first kappa shape index (κ1) is 16.3. The molecular weight excluding hydrogens is 340 g/mol. The number of benzene rings is 1. The number of rotatable bonds is 2. The molecule has 4 aliphatic rings. The van der Waals surface area contributed by atoms with Gasteiger partial charge in [-0.1, -0.05) is 23.7 Å². The lowest BCUT2D eigenvalue weighted by Crippen LogP contribution is -2.48. The Morgan fingerprint density at radius 3 is 2.50 bits per heavy atom. The minimum atomic E-state index is -0.203. The maximum atomic E-state index is 13.1. The molecular formula is C19H23ClN2OS. The zero-order valence-corrected chi connectivity index (χ0v) is 15.3. The minimum absolute atomic E-state index is 0.115. The van der Waals surface area contributed by atoms with E-state index in [0.29, 0.717) is 10.1 Å². The Bertz CT molecular complexity index is 663. The molecule has 1 aromatic carbocycles. The summed E-state index contributed by atoms with van der Waals surface area (Å²) in [5.74, 6) is 2.44. The van der Waals surface area contributed by atoms with Gasteiger partial charge in [-0.05, 0) is 87.1 Å². The normalized spacial score (nSPS) is 33.8. The van der Waals surface area contributed by atoms with Crippen molar-refractivity contribution in [2.24, 2.45) is 23.2 Å². The van der Waals surface area contributed by atoms with Gasteiger partial charge in [-0.15, -0.1) is 0 Å². The van der Waals surface area contributed by atoms with Crippen LogP contribution in [0.1, 0.15) is 44.9 Å². The Morgan fingerprint density at radius 1 is 1.12 bits per heavy atom. The average Bonchev–Trinajstić information content (AvgIpc) is 2.74. The summed E-state index contributed by atoms with van der Waals surface area (Å²) in [5, 5.41) is 6.96. The van der Waals surface area contributed by atoms with Crippen LogP contribution in [-0.2, 0) is 4.79 Å². The Labute approximate surface area is 153 Å². The monoisotopic (exact) mass is 362 g/mol. The van der Waals surface area contributed by atoms with E-state index in [9.17, 15) is 4.79 Å². The minimum Gasteiger partial charge on any atom is -0.331 e. The van der Waals surface area contributed by atoms with Crippen molar-refractivity contribution in [3.8, 4) is 0 Å². The van der Waals surface area contributed by atoms with Crippen LogP contribution in [0.3, 0.4) is 0 Å². The second-order valence-electron chi connectivity index (χ2n) is 7.92. The molecule has 1 amide bonds. The van der Waals surface area contributed by atoms with Crippen LogP contribution >= 0.6 is 23.8 Å². The average molecular weight is 363 g/mol. The fourth-order valence-corrected chi connectivity index (χ4v) is 5.78. The predicted octanol–water partition coefficient (Wildman–Crippen LogP) is 4.76. The van der Waals surface area contributed by atoms with Gasteiger partial charge >= 0.3 is 0 Å². The van der Waals surface area contributed by atoms with E-state index in [1.54, 1.807) is 6.07 Å². The summed E-state index contributed by atoms with van der Waals surface area (Å²) < 4.78 is 0. The van der Waals surface area contributed by atoms with E-state index in [-0.39, 0.29) is 11.3 Å². The molecule has 4 saturated carbocycles. The van der Waals surface area contributed by atoms with Crippen LogP contribution in [0.4, 0.5) is 5.69 Å². The van der Waals surface area contributed by atoms with Crippen LogP contribution in [0.25, 0.3) is 0 Å². The Balaban J connectivity index is 1.46. The molecule has 5 heteroatoms. The molecule has 24 heavy (non-hydrogen) atoms. The number of carbonyl (C=O) groups excluding carboxylic acids is 1. The van der Waals surface area contributed by atoms with E-state index in [1.165, 1.54) is 25.7 Å². The highest BCUT2D eigenvalue weighted by molar-refractivity contribution is 7.80. The lowest BCUT2D eigenvalue weighted by molar-refractivity contribution is -0.134. The zero-order chi connectivity index (χ0) is 16.7. The zero-order valence-electron chi connectivity index (χ0n) is 13.7. The highest BCUT2D eigenvalue weighted by Crippen LogP contribution is 2.57. The Kier molecular flexibility index (Phi) is 4.29. The Morgan fingerprint density at radius 2 is 1.79 bits per heavy atom. The summed E-state index contributed by atoms with van der Waals surface area (Å²) in [7, 11) is 0. The fraction of sp³-hybridized carbons (Fsp3) is 0.579. The molecule has 0 saturated heterocycles. The van der Waals surface area contributed by atoms with Crippen molar-refractivity contribution in [2.45, 2.75) is 44.9 Å². The fourth-order valence-electron chi connectivity index (χ4n) is 5.40. The summed E-state index contributed by atoms with van der Waals surface area (Å²) in [6.07, 6.45) is 8.28. The summed E-state index contributed by atoms with van der Waals surface area (Å²) in [4.78, 5) is 13.1. The molecule has 3 nitrogen and oxygen atoms in total. The van der Waals surface area contributed by atoms with Crippen LogP contribution < -0.4 is 10.6 Å². The number of para-hydroxylation sites is 1. The lowest BCUT2D eigenvalue weighted by Gasteiger charge is -2.44. The van der Waals surface area contributed by atoms with E-state index in [1.807, 2.05) is 18.2 Å². The molecule has 1 aromatic rings. The van der Waals surface area contributed by atoms with Crippen LogP contribution in [0.2, 0.25) is 5.02 Å². The molecule has 2 N–H and O–H groups in total. The molecule has 128 valence electrons. The van der Waals surface area contributed by atoms with Crippen molar-refractivity contribution in [2.75, 3.05) is 5.32 Å². The van der Waals surface area contributed by atoms with Gasteiger partial charge in [0.2, 0.25) is 5.91 Å². The summed E-state index contributed by atoms with van der Waals surface area (Å²) in [6, 6.07) is 7.42. The number of nitrogens with one attached hydrogen (secondary N) is 2. The van der Waals surface area contributed by atoms with Crippen LogP contribution in [-0.4, -0.2) is 11.0 Å². The van der Waals surface area contributed by atoms with Crippen molar-refractivity contribution in [1.82, 2.24) is 5.32 Å². The van der Waals surface area contributed by atoms with Gasteiger partial charge in [-0.3, -0.25) is 4.79 Å². The second-order valence-corrected chi connectivity index (χ2v) is 8.74. The Hall–Kier alpha value is -1.13. The van der Waals surface area contributed by atoms with Gasteiger partial charge in [0.05, 0.1) is 16.1 Å². The number of hydrogen-bond donors (Lipinski definition) is 2. The van der Waals surface area contributed by atoms with Gasteiger partial charge in [0.1, 0.15) is 0 Å². The molecule has 4 bridgehead atoms. The third kappa shape index (κ3) is 3.06. The summed E-state index contributed by atoms with van der Waals surface area (Å²) >= 11 is 11.5. The van der Waals surface area contributed by atoms with Gasteiger partial charge < -0.3 is 10.6 Å². The SMILES string of the molecule is O=C(NC(=S)Nc1ccccc1Cl)C12CCC3C[C@H](C[C@@H](C3)C1)C2. The first-order chi connectivity index (χ1) is 11.5. The third-order valence-corrected chi connectivity index (χ3v) is 6.75. The van der Waals surface area contributed by atoms with Crippen LogP contribution in [0.5, 0.6) is 0 Å². The van der Waals surface area contributed by atoms with Crippen LogP contribution in [0.15, 0.2) is 24.3 Å². The smallest absolute Gasteiger partial charge is 0.232 e. The van der Waals surface area contributed by atoms with Crippen molar-refractivity contribution < 1.29 is 4.79 Å². The van der Waals surface area contributed by atoms with Crippen LogP contribution in [0, 0.1) is 23.2 Å². The molecule has 0 unspecified atom stereocenters. The summed E-state index contributed by atoms with van der Waals surface area (Å²) in [5.41, 5.74) is 0.525. The predicted molar refractivity (Wildman–Crippen MR) is 101 cm³/mol. The maximum absolute atomic E-state index is 13.1. The van der Waals surface area contributed by atoms with Gasteiger partial charge in [0.15, 0.2) is 5.11 Å². The number of thiocarbonyl (C=S) groups is 1. The molecule has 0 aliphatic heterocycles. The van der Waals surface area contributed by atoms with E-state index < -0.39 is 0 Å². The molecule has 0 heterocycles. The number of hydrogen-bond acceptors (Lipinski definition) is 2. The molecule has 2 atom stereocenters. The standard InChI is InChI=1S/C19H23ClN2OS/c20-15-3-1-2-4-16(15)21-18(24)22-17(23)19-6-5-12-7-13(10-19)9-14(8-12)11-19/h1-4,12-14H,5-11H2,(H2,21,22,23,24)/t12?,13-,14-,19?/m1/s1. The first-order valence-corrected chi connectivity index (χ1v) is 9.70. The molecule has 0 aromatic heterocycles. The molecule has 5 rings (SSSR count). The van der Waals surface area contributed by atoms with Gasteiger partial charge in [0, 0.05) is 0 Å². The molecule has 0 spiro atoms. The van der Waals surface area contributed by atoms with Gasteiger partial charge in [0.25, 0.3) is 0 Å². The third-order valence-electron chi connectivity index (χ3n) is 6.22. The van der Waals surface area contributed by atoms with E-state index in [2.05, 4.69) is 10.6 Å². The quantitative estimate of drug-likeness (QED) is 0.745. The molecule has 0 radical (unpaired) electrons. The van der Waals surface area contributed by atoms with Crippen molar-refractivity contribution in [3.63, 3.8) is 0 Å². The highest BCUT2D eigenvalue weighted by atomic mass is 35.5. The summed E-state index contributed by atoms with van der Waals surface area (Å²) in [6.45, 7) is 0. The van der Waals surface area contributed by atoms with E-state index >= 15 is 0 Å². The van der Waals surface area contributed by atoms with Crippen molar-refractivity contribution in [3.05, 3.63) is 29.3 Å². The topological polar surface area (TPSA) is 41.1 Å². The number of carbonyl (C=O) groups is 1. The van der Waals surface area contributed by atoms with E-state index in [0.717, 1.165) is 42.7 Å². The van der Waals surface area contributed by atoms with E-state index in [4.69, 9.17) is 23.8 Å². The molecule has 4 fully saturated rings. The second kappa shape index (κ2) is 6.30. The number of fused-ring (bicyclic) bond motifs is 1. The van der Waals surface area contributed by atoms with Gasteiger partial charge in [-0.2, -0.15) is 0 Å². The number of halogens is 1. The van der Waals surface area contributed by atoms with Crippen molar-refractivity contribution >= 4 is 40.5 Å².